The van der Waals surface area contributed by atoms with E-state index >= 15 is 0 Å². The minimum absolute atomic E-state index is 0.0193. The van der Waals surface area contributed by atoms with Gasteiger partial charge in [-0.1, -0.05) is 19.3 Å². The molecule has 0 bridgehead atoms. The average molecular weight is 428 g/mol. The third-order valence-corrected chi connectivity index (χ3v) is 6.81. The van der Waals surface area contributed by atoms with E-state index in [9.17, 15) is 9.59 Å². The molecule has 0 unspecified atom stereocenters. The fourth-order valence-electron chi connectivity index (χ4n) is 4.71. The highest BCUT2D eigenvalue weighted by Crippen LogP contribution is 2.31. The predicted octanol–water partition coefficient (Wildman–Crippen LogP) is 1.75. The first-order chi connectivity index (χ1) is 15.0. The van der Waals surface area contributed by atoms with Crippen LogP contribution in [-0.4, -0.2) is 78.2 Å². The van der Waals surface area contributed by atoms with Crippen molar-refractivity contribution in [1.82, 2.24) is 25.1 Å². The van der Waals surface area contributed by atoms with E-state index in [0.717, 1.165) is 25.9 Å². The van der Waals surface area contributed by atoms with E-state index < -0.39 is 0 Å². The maximum Gasteiger partial charge on any atom is 0.258 e. The molecule has 2 N–H and O–H groups in total. The molecule has 1 saturated heterocycles. The number of aromatic amines is 1. The largest absolute Gasteiger partial charge is 0.379 e. The van der Waals surface area contributed by atoms with Crippen LogP contribution in [0.1, 0.15) is 48.3 Å². The molecule has 4 rings (SSSR count). The number of carbonyl (C=O) groups excluding carboxylic acids is 1. The zero-order valence-electron chi connectivity index (χ0n) is 18.6. The van der Waals surface area contributed by atoms with Crippen LogP contribution in [0.15, 0.2) is 23.0 Å². The molecular formula is C23H33N5O3. The fraction of sp³-hybridized carbons (Fsp3) is 0.609. The molecule has 1 aromatic carbocycles. The number of nitrogens with zero attached hydrogens (tertiary/aromatic N) is 3. The monoisotopic (exact) mass is 427 g/mol. The van der Waals surface area contributed by atoms with Gasteiger partial charge in [-0.15, -0.1) is 0 Å². The van der Waals surface area contributed by atoms with Crippen molar-refractivity contribution < 1.29 is 9.53 Å². The van der Waals surface area contributed by atoms with Crippen LogP contribution in [0, 0.1) is 0 Å². The first kappa shape index (κ1) is 21.9. The number of aromatic nitrogens is 2. The quantitative estimate of drug-likeness (QED) is 0.730. The third-order valence-electron chi connectivity index (χ3n) is 6.81. The molecule has 168 valence electrons. The minimum Gasteiger partial charge on any atom is -0.379 e. The van der Waals surface area contributed by atoms with Crippen molar-refractivity contribution >= 4 is 16.8 Å². The van der Waals surface area contributed by atoms with E-state index in [0.29, 0.717) is 48.6 Å². The lowest BCUT2D eigenvalue weighted by molar-refractivity contribution is 0.0331. The Hall–Kier alpha value is -2.29. The summed E-state index contributed by atoms with van der Waals surface area (Å²) in [6.45, 7) is 4.21. The number of likely N-dealkylation sites (N-methyl/N-ethyl adjacent to an activating group) is 1. The van der Waals surface area contributed by atoms with Crippen LogP contribution in [-0.2, 0) is 11.3 Å². The summed E-state index contributed by atoms with van der Waals surface area (Å²) in [5.74, 6) is 0.497. The van der Waals surface area contributed by atoms with Gasteiger partial charge < -0.3 is 19.9 Å². The summed E-state index contributed by atoms with van der Waals surface area (Å²) in [6.07, 6.45) is 5.85. The molecule has 2 aliphatic rings. The topological polar surface area (TPSA) is 90.6 Å². The highest BCUT2D eigenvalue weighted by molar-refractivity contribution is 5.97. The summed E-state index contributed by atoms with van der Waals surface area (Å²) in [5.41, 5.74) is 0.937. The molecule has 0 atom stereocenters. The van der Waals surface area contributed by atoms with Gasteiger partial charge in [0, 0.05) is 30.7 Å². The summed E-state index contributed by atoms with van der Waals surface area (Å²) in [6, 6.07) is 5.13. The first-order valence-corrected chi connectivity index (χ1v) is 11.3. The van der Waals surface area contributed by atoms with Crippen molar-refractivity contribution in [2.45, 2.75) is 44.2 Å². The summed E-state index contributed by atoms with van der Waals surface area (Å²) >= 11 is 0. The first-order valence-electron chi connectivity index (χ1n) is 11.3. The van der Waals surface area contributed by atoms with Crippen molar-refractivity contribution in [2.75, 3.05) is 46.9 Å². The minimum atomic E-state index is -0.172. The molecule has 1 aromatic heterocycles. The molecular weight excluding hydrogens is 394 g/mol. The van der Waals surface area contributed by atoms with Crippen molar-refractivity contribution in [2.24, 2.45) is 0 Å². The Kier molecular flexibility index (Phi) is 6.69. The number of benzene rings is 1. The number of rotatable bonds is 6. The van der Waals surface area contributed by atoms with Gasteiger partial charge in [-0.3, -0.25) is 14.5 Å². The van der Waals surface area contributed by atoms with Crippen LogP contribution in [0.3, 0.4) is 0 Å². The molecule has 1 aliphatic carbocycles. The van der Waals surface area contributed by atoms with Gasteiger partial charge in [0.1, 0.15) is 5.82 Å². The van der Waals surface area contributed by atoms with Gasteiger partial charge in [0.15, 0.2) is 0 Å². The average Bonchev–Trinajstić information content (AvgIpc) is 2.78. The Labute approximate surface area is 183 Å². The van der Waals surface area contributed by atoms with Gasteiger partial charge in [-0.25, -0.2) is 4.98 Å². The van der Waals surface area contributed by atoms with Gasteiger partial charge in [-0.05, 0) is 45.1 Å². The van der Waals surface area contributed by atoms with E-state index in [1.165, 1.54) is 19.3 Å². The standard InChI is InChI=1S/C23H33N5O3/c1-27(2)23(8-4-3-5-9-23)16-24-21(29)17-6-7-18-19(14-17)25-20(26-22(18)30)15-28-10-12-31-13-11-28/h6-7,14H,3-5,8-13,15-16H2,1-2H3,(H,24,29)(H,25,26,30). The number of amides is 1. The van der Waals surface area contributed by atoms with Gasteiger partial charge in [0.25, 0.3) is 11.5 Å². The molecule has 2 heterocycles. The predicted molar refractivity (Wildman–Crippen MR) is 120 cm³/mol. The van der Waals surface area contributed by atoms with Crippen LogP contribution < -0.4 is 10.9 Å². The molecule has 0 spiro atoms. The highest BCUT2D eigenvalue weighted by Gasteiger charge is 2.34. The van der Waals surface area contributed by atoms with Crippen LogP contribution in [0.5, 0.6) is 0 Å². The van der Waals surface area contributed by atoms with Gasteiger partial charge >= 0.3 is 0 Å². The van der Waals surface area contributed by atoms with Crippen molar-refractivity contribution in [1.29, 1.82) is 0 Å². The summed E-state index contributed by atoms with van der Waals surface area (Å²) < 4.78 is 5.38. The lowest BCUT2D eigenvalue weighted by Crippen LogP contribution is -2.53. The molecule has 1 amide bonds. The lowest BCUT2D eigenvalue weighted by atomic mass is 9.80. The van der Waals surface area contributed by atoms with Crippen LogP contribution >= 0.6 is 0 Å². The maximum atomic E-state index is 12.9. The summed E-state index contributed by atoms with van der Waals surface area (Å²) in [7, 11) is 4.19. The van der Waals surface area contributed by atoms with E-state index in [2.05, 4.69) is 39.2 Å². The van der Waals surface area contributed by atoms with Gasteiger partial charge in [0.2, 0.25) is 0 Å². The van der Waals surface area contributed by atoms with Crippen LogP contribution in [0.4, 0.5) is 0 Å². The molecule has 2 aromatic rings. The summed E-state index contributed by atoms with van der Waals surface area (Å²) in [5, 5.41) is 3.63. The highest BCUT2D eigenvalue weighted by atomic mass is 16.5. The van der Waals surface area contributed by atoms with E-state index in [-0.39, 0.29) is 17.0 Å². The van der Waals surface area contributed by atoms with E-state index in [1.54, 1.807) is 18.2 Å². The smallest absolute Gasteiger partial charge is 0.258 e. The number of morpholine rings is 1. The number of hydrogen-bond donors (Lipinski definition) is 2. The van der Waals surface area contributed by atoms with Crippen LogP contribution in [0.25, 0.3) is 10.9 Å². The molecule has 31 heavy (non-hydrogen) atoms. The molecule has 8 nitrogen and oxygen atoms in total. The maximum absolute atomic E-state index is 12.9. The molecule has 1 aliphatic heterocycles. The normalized spacial score (nSPS) is 19.6. The Morgan fingerprint density at radius 3 is 2.68 bits per heavy atom. The lowest BCUT2D eigenvalue weighted by Gasteiger charge is -2.43. The molecule has 8 heteroatoms. The second kappa shape index (κ2) is 9.46. The molecule has 2 fully saturated rings. The SMILES string of the molecule is CN(C)C1(CNC(=O)c2ccc3c(=O)[nH]c(CN4CCOCC4)nc3c2)CCCCC1. The van der Waals surface area contributed by atoms with Crippen LogP contribution in [0.2, 0.25) is 0 Å². The number of fused-ring (bicyclic) bond motifs is 1. The second-order valence-corrected chi connectivity index (χ2v) is 9.00. The van der Waals surface area contributed by atoms with Crippen molar-refractivity contribution in [3.05, 3.63) is 39.9 Å². The third kappa shape index (κ3) is 4.97. The molecule has 1 saturated carbocycles. The van der Waals surface area contributed by atoms with Gasteiger partial charge in [-0.2, -0.15) is 0 Å². The number of nitrogens with one attached hydrogen (secondary N) is 2. The van der Waals surface area contributed by atoms with Crippen molar-refractivity contribution in [3.8, 4) is 0 Å². The van der Waals surface area contributed by atoms with Crippen molar-refractivity contribution in [3.63, 3.8) is 0 Å². The zero-order valence-corrected chi connectivity index (χ0v) is 18.6. The number of carbonyl (C=O) groups is 1. The number of ether oxygens (including phenoxy) is 1. The molecule has 0 radical (unpaired) electrons. The Bertz CT molecular complexity index is 975. The van der Waals surface area contributed by atoms with E-state index in [1.807, 2.05) is 0 Å². The second-order valence-electron chi connectivity index (χ2n) is 9.00. The fourth-order valence-corrected chi connectivity index (χ4v) is 4.71. The zero-order chi connectivity index (χ0) is 21.8. The summed E-state index contributed by atoms with van der Waals surface area (Å²) in [4.78, 5) is 37.4. The van der Waals surface area contributed by atoms with Gasteiger partial charge in [0.05, 0.1) is 30.7 Å². The van der Waals surface area contributed by atoms with E-state index in [4.69, 9.17) is 4.74 Å². The Morgan fingerprint density at radius 2 is 1.97 bits per heavy atom. The Balaban J connectivity index is 1.50. The number of hydrogen-bond acceptors (Lipinski definition) is 6. The number of H-pyrrole nitrogens is 1. The Morgan fingerprint density at radius 1 is 1.23 bits per heavy atom.